The molecule has 2 saturated carbocycles. The van der Waals surface area contributed by atoms with Crippen LogP contribution in [0, 0.1) is 34.5 Å². The molecule has 0 spiro atoms. The fourth-order valence-electron chi connectivity index (χ4n) is 14.9. The maximum absolute atomic E-state index is 14.8. The smallest absolute Gasteiger partial charge is 0.435 e. The van der Waals surface area contributed by atoms with Crippen molar-refractivity contribution >= 4 is 20.5 Å². The topological polar surface area (TPSA) is 151 Å². The highest BCUT2D eigenvalue weighted by Crippen LogP contribution is 2.62. The van der Waals surface area contributed by atoms with Gasteiger partial charge in [0.15, 0.2) is 0 Å². The van der Waals surface area contributed by atoms with E-state index in [4.69, 9.17) is 37.5 Å². The largest absolute Gasteiger partial charge is 0.497 e. The Labute approximate surface area is 545 Å². The summed E-state index contributed by atoms with van der Waals surface area (Å²) >= 11 is 0. The number of methoxy groups -OCH3 is 2. The third-order valence-electron chi connectivity index (χ3n) is 19.5. The fourth-order valence-corrected chi connectivity index (χ4v) is 16.7. The zero-order valence-corrected chi connectivity index (χ0v) is 55.3. The molecule has 10 atom stereocenters. The van der Waals surface area contributed by atoms with Crippen LogP contribution in [0.5, 0.6) is 17.2 Å². The number of hydrogen-bond donors (Lipinski definition) is 0. The lowest BCUT2D eigenvalue weighted by molar-refractivity contribution is -0.457. The minimum atomic E-state index is -6.79. The number of rotatable bonds is 29. The monoisotopic (exact) mass is 1350 g/mol. The summed E-state index contributed by atoms with van der Waals surface area (Å²) in [6, 6.07) is 33.0. The molecule has 0 radical (unpaired) electrons. The number of amides is 3. The van der Waals surface area contributed by atoms with Gasteiger partial charge in [0.05, 0.1) is 71.3 Å². The van der Waals surface area contributed by atoms with E-state index < -0.39 is 81.7 Å². The number of carbonyl (C=O) groups is 2. The van der Waals surface area contributed by atoms with Crippen LogP contribution in [0.25, 0.3) is 0 Å². The first-order valence-corrected chi connectivity index (χ1v) is 33.5. The van der Waals surface area contributed by atoms with E-state index in [0.717, 1.165) is 48.8 Å². The summed E-state index contributed by atoms with van der Waals surface area (Å²) in [6.07, 6.45) is -17.7. The number of ether oxygens (including phenoxy) is 7. The molecule has 4 aromatic rings. The van der Waals surface area contributed by atoms with Crippen molar-refractivity contribution in [1.82, 2.24) is 14.5 Å². The van der Waals surface area contributed by atoms with Gasteiger partial charge in [0.2, 0.25) is 5.91 Å². The lowest BCUT2D eigenvalue weighted by Crippen LogP contribution is -2.67. The Morgan fingerprint density at radius 3 is 1.95 bits per heavy atom. The zero-order valence-electron chi connectivity index (χ0n) is 54.4. The van der Waals surface area contributed by atoms with E-state index in [0.29, 0.717) is 43.1 Å². The molecule has 0 aromatic heterocycles. The quantitative estimate of drug-likeness (QED) is 0.0220. The Morgan fingerprint density at radius 2 is 1.35 bits per heavy atom. The molecule has 15 nitrogen and oxygen atoms in total. The van der Waals surface area contributed by atoms with Crippen LogP contribution >= 0.6 is 8.53 Å². The molecular formula is C69H86F9N4O11P. The van der Waals surface area contributed by atoms with Crippen molar-refractivity contribution in [1.29, 1.82) is 5.26 Å². The third-order valence-corrected chi connectivity index (χ3v) is 21.6. The van der Waals surface area contributed by atoms with E-state index in [1.807, 2.05) is 84.9 Å². The second-order valence-corrected chi connectivity index (χ2v) is 27.3. The van der Waals surface area contributed by atoms with Gasteiger partial charge >= 0.3 is 30.2 Å². The first-order chi connectivity index (χ1) is 44.6. The van der Waals surface area contributed by atoms with Crippen molar-refractivity contribution in [3.63, 3.8) is 0 Å². The van der Waals surface area contributed by atoms with Crippen molar-refractivity contribution in [3.8, 4) is 23.3 Å². The number of hydrogen-bond acceptors (Lipinski definition) is 13. The standard InChI is InChI=1S/C69H86F9N4O11P/c1-44(2)82(45(3)4)94(91-39-14-34-79)93-58-41-61(92-59(58)43-90-65(48-16-10-9-11-17-48,49-19-23-51(85-7)24-20-49)50-21-25-52(86-8)26-22-50)81-42-46(5)62(83)80(63(81)84)35-12-13-36-87-53-27-29-54-47(40-53)18-28-56-55(54)32-33-64(6)57(56)30-31-60(64)88-37-15-38-89-66(67(70,71)72,68(73,74)75)69(76,77)78/h9-11,16-17,19-27,29,40,44-46,55-61H,12-15,18,28,30-33,35-39,41-43H2,1-8H3/t46?,55?,56?,57?,58?,59-,60?,61-,64?,94?/m1/s1. The number of halogens is 9. The molecular weight excluding hydrogens is 1260 g/mol. The van der Waals surface area contributed by atoms with Crippen LogP contribution in [0.1, 0.15) is 139 Å². The van der Waals surface area contributed by atoms with Gasteiger partial charge in [0.1, 0.15) is 35.2 Å². The number of urea groups is 1. The van der Waals surface area contributed by atoms with E-state index in [1.165, 1.54) is 16.0 Å². The Bertz CT molecular complexity index is 3100. The van der Waals surface area contributed by atoms with Crippen LogP contribution in [0.3, 0.4) is 0 Å². The molecule has 2 aliphatic heterocycles. The maximum Gasteiger partial charge on any atom is 0.435 e. The zero-order chi connectivity index (χ0) is 68.0. The summed E-state index contributed by atoms with van der Waals surface area (Å²) in [5.41, 5.74) is -3.06. The lowest BCUT2D eigenvalue weighted by Gasteiger charge is -2.50. The van der Waals surface area contributed by atoms with Crippen molar-refractivity contribution in [3.05, 3.63) is 125 Å². The number of nitrogens with zero attached hydrogens (tertiary/aromatic N) is 4. The molecule has 8 unspecified atom stereocenters. The van der Waals surface area contributed by atoms with Crippen LogP contribution in [-0.2, 0) is 44.8 Å². The van der Waals surface area contributed by atoms with E-state index in [9.17, 15) is 54.4 Å². The summed E-state index contributed by atoms with van der Waals surface area (Å²) < 4.78 is 178. The highest BCUT2D eigenvalue weighted by molar-refractivity contribution is 7.44. The number of nitriles is 1. The van der Waals surface area contributed by atoms with E-state index in [-0.39, 0.29) is 93.0 Å². The first-order valence-electron chi connectivity index (χ1n) is 32.4. The summed E-state index contributed by atoms with van der Waals surface area (Å²) in [5.74, 6) is 1.88. The van der Waals surface area contributed by atoms with Gasteiger partial charge in [-0.3, -0.25) is 14.6 Å². The van der Waals surface area contributed by atoms with Crippen LogP contribution in [-0.4, -0.2) is 148 Å². The number of alkyl halides is 9. The Morgan fingerprint density at radius 1 is 0.734 bits per heavy atom. The van der Waals surface area contributed by atoms with E-state index in [2.05, 4.69) is 62.2 Å². The summed E-state index contributed by atoms with van der Waals surface area (Å²) in [6.45, 7) is 10.9. The second-order valence-electron chi connectivity index (χ2n) is 25.9. The Kier molecular flexibility index (Phi) is 23.4. The van der Waals surface area contributed by atoms with Crippen LogP contribution in [0.4, 0.5) is 44.3 Å². The highest BCUT2D eigenvalue weighted by atomic mass is 31.2. The van der Waals surface area contributed by atoms with Gasteiger partial charge in [0, 0.05) is 38.2 Å². The van der Waals surface area contributed by atoms with Crippen molar-refractivity contribution in [2.75, 3.05) is 60.3 Å². The van der Waals surface area contributed by atoms with E-state index >= 15 is 0 Å². The molecule has 4 aromatic carbocycles. The van der Waals surface area contributed by atoms with Gasteiger partial charge in [-0.1, -0.05) is 74.5 Å². The number of unbranched alkanes of at least 4 members (excludes halogenated alkanes) is 1. The minimum Gasteiger partial charge on any atom is -0.497 e. The summed E-state index contributed by atoms with van der Waals surface area (Å²) in [7, 11) is 1.43. The third kappa shape index (κ3) is 15.0. The molecule has 0 N–H and O–H groups in total. The fraction of sp³-hybridized carbons (Fsp3) is 0.609. The van der Waals surface area contributed by atoms with Gasteiger partial charge in [0.25, 0.3) is 8.53 Å². The molecule has 9 rings (SSSR count). The van der Waals surface area contributed by atoms with Gasteiger partial charge in [-0.05, 0) is 173 Å². The molecule has 5 aliphatic rings. The number of imide groups is 1. The van der Waals surface area contributed by atoms with Crippen LogP contribution < -0.4 is 14.2 Å². The lowest BCUT2D eigenvalue weighted by atomic mass is 9.55. The predicted molar refractivity (Wildman–Crippen MR) is 332 cm³/mol. The average molecular weight is 1350 g/mol. The molecule has 2 heterocycles. The number of fused-ring (bicyclic) bond motifs is 5. The molecule has 3 aliphatic carbocycles. The SMILES string of the molecule is COc1ccc(C(OC[C@H]2O[C@@H](N3CC(C)C(=O)N(CCCCOc4ccc5c(c4)CCC4C5CCC5(C)C(OCCCOC(C(F)(F)F)(C(F)(F)F)C(F)(F)F)CCC45)C3=O)CC2OP(OCCC#N)N(C(C)C)C(C)C)(c2ccccc2)c2ccc(OC)cc2)cc1. The summed E-state index contributed by atoms with van der Waals surface area (Å²) in [5, 5.41) is 9.56. The van der Waals surface area contributed by atoms with Crippen molar-refractivity contribution in [2.45, 2.75) is 184 Å². The molecule has 3 amide bonds. The van der Waals surface area contributed by atoms with E-state index in [1.54, 1.807) is 26.0 Å². The number of benzene rings is 4. The predicted octanol–water partition coefficient (Wildman–Crippen LogP) is 15.6. The van der Waals surface area contributed by atoms with Gasteiger partial charge in [-0.15, -0.1) is 0 Å². The van der Waals surface area contributed by atoms with Crippen LogP contribution in [0.15, 0.2) is 97.1 Å². The first kappa shape index (κ1) is 72.5. The Balaban J connectivity index is 0.842. The summed E-state index contributed by atoms with van der Waals surface area (Å²) in [4.78, 5) is 31.7. The average Bonchev–Trinajstić information content (AvgIpc) is 1.17. The molecule has 2 saturated heterocycles. The van der Waals surface area contributed by atoms with Crippen LogP contribution in [0.2, 0.25) is 0 Å². The van der Waals surface area contributed by atoms with Gasteiger partial charge in [-0.2, -0.15) is 44.8 Å². The van der Waals surface area contributed by atoms with Crippen molar-refractivity contribution in [2.24, 2.45) is 23.2 Å². The molecule has 4 fully saturated rings. The Hall–Kier alpha value is -5.77. The van der Waals surface area contributed by atoms with Gasteiger partial charge in [-0.25, -0.2) is 9.46 Å². The highest BCUT2D eigenvalue weighted by Gasteiger charge is 2.85. The number of carbonyl (C=O) groups excluding carboxylic acids is 2. The molecule has 0 bridgehead atoms. The van der Waals surface area contributed by atoms with Gasteiger partial charge < -0.3 is 42.2 Å². The molecule has 516 valence electrons. The van der Waals surface area contributed by atoms with Crippen molar-refractivity contribution < 1.29 is 91.3 Å². The number of aryl methyl sites for hydroxylation is 1. The second kappa shape index (κ2) is 30.3. The molecule has 25 heteroatoms. The minimum absolute atomic E-state index is 0.0115. The normalized spacial score (nSPS) is 24.8. The molecule has 94 heavy (non-hydrogen) atoms. The maximum atomic E-state index is 14.8.